The summed E-state index contributed by atoms with van der Waals surface area (Å²) in [5.74, 6) is 0.779. The minimum absolute atomic E-state index is 0.669. The Labute approximate surface area is 115 Å². The lowest BCUT2D eigenvalue weighted by molar-refractivity contribution is 0.257. The van der Waals surface area contributed by atoms with Crippen LogP contribution in [0.1, 0.15) is 32.4 Å². The maximum absolute atomic E-state index is 4.37. The van der Waals surface area contributed by atoms with Crippen molar-refractivity contribution < 1.29 is 0 Å². The maximum atomic E-state index is 4.37. The molecule has 0 amide bonds. The molecule has 2 rings (SSSR count). The van der Waals surface area contributed by atoms with Gasteiger partial charge < -0.3 is 10.2 Å². The van der Waals surface area contributed by atoms with Crippen LogP contribution in [0.3, 0.4) is 0 Å². The fourth-order valence-corrected chi connectivity index (χ4v) is 3.23. The SMILES string of the molecule is CC(C)CC1CN(CCc2cscn2)CCCN1. The summed E-state index contributed by atoms with van der Waals surface area (Å²) in [5.41, 5.74) is 3.18. The van der Waals surface area contributed by atoms with Crippen molar-refractivity contribution in [2.45, 2.75) is 39.2 Å². The third-order valence-corrected chi connectivity index (χ3v) is 4.12. The molecule has 0 saturated carbocycles. The normalized spacial score (nSPS) is 22.3. The molecule has 1 N–H and O–H groups in total. The van der Waals surface area contributed by atoms with Gasteiger partial charge in [-0.1, -0.05) is 13.8 Å². The third-order valence-electron chi connectivity index (χ3n) is 3.49. The second kappa shape index (κ2) is 7.22. The van der Waals surface area contributed by atoms with E-state index in [1.165, 1.54) is 38.2 Å². The molecule has 0 aliphatic carbocycles. The number of rotatable bonds is 5. The van der Waals surface area contributed by atoms with E-state index in [-0.39, 0.29) is 0 Å². The van der Waals surface area contributed by atoms with Crippen LogP contribution in [0, 0.1) is 5.92 Å². The second-order valence-corrected chi connectivity index (χ2v) is 6.38. The van der Waals surface area contributed by atoms with E-state index in [4.69, 9.17) is 0 Å². The Morgan fingerprint density at radius 2 is 2.44 bits per heavy atom. The fraction of sp³-hybridized carbons (Fsp3) is 0.786. The van der Waals surface area contributed by atoms with Gasteiger partial charge in [-0.2, -0.15) is 0 Å². The number of aromatic nitrogens is 1. The molecule has 2 heterocycles. The topological polar surface area (TPSA) is 28.2 Å². The van der Waals surface area contributed by atoms with Crippen LogP contribution in [0.2, 0.25) is 0 Å². The number of hydrogen-bond acceptors (Lipinski definition) is 4. The molecule has 1 aromatic rings. The summed E-state index contributed by atoms with van der Waals surface area (Å²) in [4.78, 5) is 6.97. The molecule has 3 nitrogen and oxygen atoms in total. The summed E-state index contributed by atoms with van der Waals surface area (Å²) in [7, 11) is 0. The van der Waals surface area contributed by atoms with Crippen LogP contribution in [0.15, 0.2) is 10.9 Å². The molecule has 0 spiro atoms. The van der Waals surface area contributed by atoms with Gasteiger partial charge in [0.25, 0.3) is 0 Å². The van der Waals surface area contributed by atoms with Gasteiger partial charge in [0.1, 0.15) is 0 Å². The zero-order chi connectivity index (χ0) is 12.8. The molecule has 0 radical (unpaired) electrons. The first-order chi connectivity index (χ1) is 8.74. The smallest absolute Gasteiger partial charge is 0.0794 e. The van der Waals surface area contributed by atoms with Crippen molar-refractivity contribution in [1.82, 2.24) is 15.2 Å². The second-order valence-electron chi connectivity index (χ2n) is 5.66. The fourth-order valence-electron chi connectivity index (χ4n) is 2.64. The molecule has 1 aromatic heterocycles. The van der Waals surface area contributed by atoms with Crippen LogP contribution in [-0.2, 0) is 6.42 Å². The molecule has 102 valence electrons. The largest absolute Gasteiger partial charge is 0.313 e. The van der Waals surface area contributed by atoms with Gasteiger partial charge in [0, 0.05) is 30.9 Å². The predicted octanol–water partition coefficient (Wildman–Crippen LogP) is 2.40. The average molecular weight is 267 g/mol. The predicted molar refractivity (Wildman–Crippen MR) is 78.1 cm³/mol. The van der Waals surface area contributed by atoms with Gasteiger partial charge in [-0.15, -0.1) is 11.3 Å². The molecular weight excluding hydrogens is 242 g/mol. The van der Waals surface area contributed by atoms with Crippen molar-refractivity contribution in [1.29, 1.82) is 0 Å². The summed E-state index contributed by atoms with van der Waals surface area (Å²) in [6, 6.07) is 0.669. The Balaban J connectivity index is 1.79. The summed E-state index contributed by atoms with van der Waals surface area (Å²) < 4.78 is 0. The lowest BCUT2D eigenvalue weighted by atomic mass is 10.0. The Bertz CT molecular complexity index is 324. The average Bonchev–Trinajstić information content (AvgIpc) is 2.74. The van der Waals surface area contributed by atoms with Gasteiger partial charge in [-0.05, 0) is 31.8 Å². The van der Waals surface area contributed by atoms with Gasteiger partial charge in [-0.3, -0.25) is 0 Å². The van der Waals surface area contributed by atoms with E-state index in [1.807, 2.05) is 5.51 Å². The lowest BCUT2D eigenvalue weighted by Crippen LogP contribution is -2.39. The lowest BCUT2D eigenvalue weighted by Gasteiger charge is -2.25. The number of thiazole rings is 1. The van der Waals surface area contributed by atoms with Gasteiger partial charge in [0.15, 0.2) is 0 Å². The monoisotopic (exact) mass is 267 g/mol. The molecule has 0 aromatic carbocycles. The number of hydrogen-bond donors (Lipinski definition) is 1. The van der Waals surface area contributed by atoms with E-state index in [0.29, 0.717) is 6.04 Å². The highest BCUT2D eigenvalue weighted by molar-refractivity contribution is 7.07. The summed E-state index contributed by atoms with van der Waals surface area (Å²) >= 11 is 1.70. The van der Waals surface area contributed by atoms with Gasteiger partial charge in [0.2, 0.25) is 0 Å². The number of nitrogens with zero attached hydrogens (tertiary/aromatic N) is 2. The minimum Gasteiger partial charge on any atom is -0.313 e. The van der Waals surface area contributed by atoms with E-state index < -0.39 is 0 Å². The molecule has 0 bridgehead atoms. The van der Waals surface area contributed by atoms with Gasteiger partial charge in [0.05, 0.1) is 11.2 Å². The van der Waals surface area contributed by atoms with Crippen molar-refractivity contribution in [3.63, 3.8) is 0 Å². The van der Waals surface area contributed by atoms with E-state index in [2.05, 4.69) is 34.4 Å². The highest BCUT2D eigenvalue weighted by atomic mass is 32.1. The summed E-state index contributed by atoms with van der Waals surface area (Å²) in [5, 5.41) is 5.85. The third kappa shape index (κ3) is 4.67. The van der Waals surface area contributed by atoms with E-state index in [1.54, 1.807) is 11.3 Å². The standard InChI is InChI=1S/C14H25N3S/c1-12(2)8-14-9-17(6-3-5-15-14)7-4-13-10-18-11-16-13/h10-12,14-15H,3-9H2,1-2H3. The summed E-state index contributed by atoms with van der Waals surface area (Å²) in [6.07, 6.45) is 3.65. The van der Waals surface area contributed by atoms with Crippen molar-refractivity contribution in [2.75, 3.05) is 26.2 Å². The Morgan fingerprint density at radius 3 is 3.17 bits per heavy atom. The Kier molecular flexibility index (Phi) is 5.60. The van der Waals surface area contributed by atoms with E-state index >= 15 is 0 Å². The summed E-state index contributed by atoms with van der Waals surface area (Å²) in [6.45, 7) is 9.37. The van der Waals surface area contributed by atoms with Gasteiger partial charge in [-0.25, -0.2) is 4.98 Å². The first-order valence-corrected chi connectivity index (χ1v) is 8.01. The van der Waals surface area contributed by atoms with E-state index in [9.17, 15) is 0 Å². The molecule has 18 heavy (non-hydrogen) atoms. The van der Waals surface area contributed by atoms with Crippen molar-refractivity contribution in [2.24, 2.45) is 5.92 Å². The first-order valence-electron chi connectivity index (χ1n) is 7.07. The van der Waals surface area contributed by atoms with Crippen LogP contribution in [0.25, 0.3) is 0 Å². The van der Waals surface area contributed by atoms with Crippen LogP contribution >= 0.6 is 11.3 Å². The zero-order valence-corrected chi connectivity index (χ0v) is 12.4. The number of nitrogens with one attached hydrogen (secondary N) is 1. The molecule has 1 atom stereocenters. The first kappa shape index (κ1) is 14.0. The van der Waals surface area contributed by atoms with Crippen molar-refractivity contribution in [3.8, 4) is 0 Å². The Hall–Kier alpha value is -0.450. The van der Waals surface area contributed by atoms with Crippen LogP contribution in [0.5, 0.6) is 0 Å². The molecule has 1 saturated heterocycles. The van der Waals surface area contributed by atoms with Gasteiger partial charge >= 0.3 is 0 Å². The minimum atomic E-state index is 0.669. The quantitative estimate of drug-likeness (QED) is 0.888. The molecule has 1 fully saturated rings. The Morgan fingerprint density at radius 1 is 1.56 bits per heavy atom. The maximum Gasteiger partial charge on any atom is 0.0794 e. The van der Waals surface area contributed by atoms with Crippen LogP contribution in [-0.4, -0.2) is 42.1 Å². The van der Waals surface area contributed by atoms with E-state index in [0.717, 1.165) is 18.9 Å². The molecule has 1 aliphatic rings. The molecule has 1 unspecified atom stereocenters. The van der Waals surface area contributed by atoms with Crippen LogP contribution < -0.4 is 5.32 Å². The zero-order valence-electron chi connectivity index (χ0n) is 11.6. The van der Waals surface area contributed by atoms with Crippen molar-refractivity contribution >= 4 is 11.3 Å². The highest BCUT2D eigenvalue weighted by Gasteiger charge is 2.18. The van der Waals surface area contributed by atoms with Crippen molar-refractivity contribution in [3.05, 3.63) is 16.6 Å². The highest BCUT2D eigenvalue weighted by Crippen LogP contribution is 2.11. The molecular formula is C14H25N3S. The molecule has 4 heteroatoms. The molecule has 1 aliphatic heterocycles. The van der Waals surface area contributed by atoms with Crippen LogP contribution in [0.4, 0.5) is 0 Å².